The monoisotopic (exact) mass is 279 g/mol. The van der Waals surface area contributed by atoms with Gasteiger partial charge in [-0.05, 0) is 48.9 Å². The maximum Gasteiger partial charge on any atom is 0.0233 e. The predicted octanol–water partition coefficient (Wildman–Crippen LogP) is 4.70. The minimum absolute atomic E-state index is 0.685. The van der Waals surface area contributed by atoms with E-state index in [9.17, 15) is 0 Å². The van der Waals surface area contributed by atoms with Crippen LogP contribution < -0.4 is 0 Å². The van der Waals surface area contributed by atoms with E-state index >= 15 is 0 Å². The zero-order valence-corrected chi connectivity index (χ0v) is 12.9. The van der Waals surface area contributed by atoms with Crippen LogP contribution in [0.4, 0.5) is 0 Å². The summed E-state index contributed by atoms with van der Waals surface area (Å²) in [4.78, 5) is 2.60. The fraction of sp³-hybridized carbons (Fsp3) is 0.400. The van der Waals surface area contributed by atoms with Crippen LogP contribution in [0.2, 0.25) is 0 Å². The second-order valence-electron chi connectivity index (χ2n) is 6.30. The van der Waals surface area contributed by atoms with Crippen LogP contribution in [-0.2, 0) is 6.54 Å². The van der Waals surface area contributed by atoms with Crippen molar-refractivity contribution in [2.24, 2.45) is 5.92 Å². The minimum Gasteiger partial charge on any atom is -0.299 e. The normalized spacial score (nSPS) is 18.5. The van der Waals surface area contributed by atoms with Crippen LogP contribution in [0, 0.1) is 5.92 Å². The first-order chi connectivity index (χ1) is 10.3. The van der Waals surface area contributed by atoms with Crippen molar-refractivity contribution in [2.45, 2.75) is 32.2 Å². The molecule has 0 aliphatic carbocycles. The number of piperidine rings is 1. The Balaban J connectivity index is 1.53. The van der Waals surface area contributed by atoms with Gasteiger partial charge in [-0.25, -0.2) is 0 Å². The average Bonchev–Trinajstić information content (AvgIpc) is 2.57. The molecular formula is C20H25N. The molecule has 0 aromatic heterocycles. The molecule has 1 heteroatoms. The first-order valence-corrected chi connectivity index (χ1v) is 8.14. The third kappa shape index (κ3) is 3.74. The van der Waals surface area contributed by atoms with Crippen molar-refractivity contribution in [3.8, 4) is 0 Å². The van der Waals surface area contributed by atoms with Crippen LogP contribution in [0.5, 0.6) is 0 Å². The third-order valence-corrected chi connectivity index (χ3v) is 4.91. The Morgan fingerprint density at radius 2 is 1.48 bits per heavy atom. The maximum atomic E-state index is 2.60. The molecule has 2 aromatic rings. The fourth-order valence-electron chi connectivity index (χ4n) is 3.48. The number of hydrogen-bond donors (Lipinski definition) is 0. The lowest BCUT2D eigenvalue weighted by molar-refractivity contribution is 0.165. The number of nitrogens with zero attached hydrogens (tertiary/aromatic N) is 1. The van der Waals surface area contributed by atoms with Crippen LogP contribution in [0.15, 0.2) is 60.7 Å². The van der Waals surface area contributed by atoms with Gasteiger partial charge in [-0.3, -0.25) is 4.90 Å². The number of likely N-dealkylation sites (tertiary alicyclic amines) is 1. The standard InChI is InChI=1S/C20H25N/c1-17(19-10-6-3-7-11-19)20-12-14-21(15-13-20)16-18-8-4-2-5-9-18/h2-11,17,20H,12-16H2,1H3. The molecule has 1 nitrogen and oxygen atoms in total. The van der Waals surface area contributed by atoms with Crippen molar-refractivity contribution >= 4 is 0 Å². The van der Waals surface area contributed by atoms with Gasteiger partial charge in [-0.2, -0.15) is 0 Å². The molecule has 1 unspecified atom stereocenters. The van der Waals surface area contributed by atoms with E-state index in [0.717, 1.165) is 12.5 Å². The molecule has 1 heterocycles. The SMILES string of the molecule is CC(c1ccccc1)C1CCN(Cc2ccccc2)CC1. The highest BCUT2D eigenvalue weighted by Crippen LogP contribution is 2.32. The molecule has 2 aromatic carbocycles. The molecule has 0 radical (unpaired) electrons. The highest BCUT2D eigenvalue weighted by atomic mass is 15.1. The van der Waals surface area contributed by atoms with Crippen LogP contribution >= 0.6 is 0 Å². The Morgan fingerprint density at radius 3 is 2.10 bits per heavy atom. The van der Waals surface area contributed by atoms with E-state index in [0.29, 0.717) is 5.92 Å². The van der Waals surface area contributed by atoms with Gasteiger partial charge in [0.25, 0.3) is 0 Å². The van der Waals surface area contributed by atoms with Gasteiger partial charge in [0.05, 0.1) is 0 Å². The molecule has 1 atom stereocenters. The quantitative estimate of drug-likeness (QED) is 0.784. The van der Waals surface area contributed by atoms with Gasteiger partial charge >= 0.3 is 0 Å². The van der Waals surface area contributed by atoms with Crippen molar-refractivity contribution in [2.75, 3.05) is 13.1 Å². The zero-order chi connectivity index (χ0) is 14.5. The minimum atomic E-state index is 0.685. The summed E-state index contributed by atoms with van der Waals surface area (Å²) in [5.74, 6) is 1.52. The highest BCUT2D eigenvalue weighted by Gasteiger charge is 2.24. The van der Waals surface area contributed by atoms with Crippen molar-refractivity contribution in [3.05, 3.63) is 71.8 Å². The van der Waals surface area contributed by atoms with Gasteiger partial charge in [-0.1, -0.05) is 67.6 Å². The van der Waals surface area contributed by atoms with Crippen molar-refractivity contribution in [3.63, 3.8) is 0 Å². The molecule has 1 aliphatic heterocycles. The zero-order valence-electron chi connectivity index (χ0n) is 12.9. The summed E-state index contributed by atoms with van der Waals surface area (Å²) < 4.78 is 0. The molecule has 0 spiro atoms. The lowest BCUT2D eigenvalue weighted by Crippen LogP contribution is -2.34. The molecule has 3 rings (SSSR count). The molecule has 1 fully saturated rings. The van der Waals surface area contributed by atoms with Crippen LogP contribution in [-0.4, -0.2) is 18.0 Å². The van der Waals surface area contributed by atoms with E-state index < -0.39 is 0 Å². The van der Waals surface area contributed by atoms with E-state index in [1.807, 2.05) is 0 Å². The number of benzene rings is 2. The molecular weight excluding hydrogens is 254 g/mol. The summed E-state index contributed by atoms with van der Waals surface area (Å²) in [6.45, 7) is 5.97. The maximum absolute atomic E-state index is 2.60. The number of rotatable bonds is 4. The Morgan fingerprint density at radius 1 is 0.905 bits per heavy atom. The first-order valence-electron chi connectivity index (χ1n) is 8.14. The second kappa shape index (κ2) is 6.91. The molecule has 21 heavy (non-hydrogen) atoms. The third-order valence-electron chi connectivity index (χ3n) is 4.91. The average molecular weight is 279 g/mol. The lowest BCUT2D eigenvalue weighted by Gasteiger charge is -2.35. The largest absolute Gasteiger partial charge is 0.299 e. The second-order valence-corrected chi connectivity index (χ2v) is 6.30. The molecule has 0 bridgehead atoms. The Bertz CT molecular complexity index is 526. The smallest absolute Gasteiger partial charge is 0.0233 e. The van der Waals surface area contributed by atoms with Gasteiger partial charge in [-0.15, -0.1) is 0 Å². The first kappa shape index (κ1) is 14.3. The Hall–Kier alpha value is -1.60. The Labute approximate surface area is 128 Å². The van der Waals surface area contributed by atoms with Gasteiger partial charge in [0.1, 0.15) is 0 Å². The molecule has 0 N–H and O–H groups in total. The lowest BCUT2D eigenvalue weighted by atomic mass is 9.81. The summed E-state index contributed by atoms with van der Waals surface area (Å²) in [5.41, 5.74) is 2.94. The van der Waals surface area contributed by atoms with Crippen LogP contribution in [0.25, 0.3) is 0 Å². The summed E-state index contributed by atoms with van der Waals surface area (Å²) in [5, 5.41) is 0. The molecule has 0 amide bonds. The summed E-state index contributed by atoms with van der Waals surface area (Å²) >= 11 is 0. The topological polar surface area (TPSA) is 3.24 Å². The molecule has 1 aliphatic rings. The van der Waals surface area contributed by atoms with Crippen LogP contribution in [0.1, 0.15) is 36.8 Å². The van der Waals surface area contributed by atoms with Crippen LogP contribution in [0.3, 0.4) is 0 Å². The fourth-order valence-corrected chi connectivity index (χ4v) is 3.48. The molecule has 110 valence electrons. The van der Waals surface area contributed by atoms with Gasteiger partial charge in [0.15, 0.2) is 0 Å². The molecule has 0 saturated carbocycles. The van der Waals surface area contributed by atoms with Crippen molar-refractivity contribution < 1.29 is 0 Å². The van der Waals surface area contributed by atoms with E-state index in [1.54, 1.807) is 0 Å². The summed E-state index contributed by atoms with van der Waals surface area (Å²) in [7, 11) is 0. The summed E-state index contributed by atoms with van der Waals surface area (Å²) in [6, 6.07) is 21.8. The van der Waals surface area contributed by atoms with Crippen molar-refractivity contribution in [1.29, 1.82) is 0 Å². The van der Waals surface area contributed by atoms with Gasteiger partial charge in [0, 0.05) is 6.54 Å². The van der Waals surface area contributed by atoms with E-state index in [-0.39, 0.29) is 0 Å². The van der Waals surface area contributed by atoms with Gasteiger partial charge in [0.2, 0.25) is 0 Å². The van der Waals surface area contributed by atoms with Gasteiger partial charge < -0.3 is 0 Å². The molecule has 1 saturated heterocycles. The summed E-state index contributed by atoms with van der Waals surface area (Å²) in [6.07, 6.45) is 2.64. The van der Waals surface area contributed by atoms with Crippen molar-refractivity contribution in [1.82, 2.24) is 4.90 Å². The predicted molar refractivity (Wildman–Crippen MR) is 89.3 cm³/mol. The number of hydrogen-bond acceptors (Lipinski definition) is 1. The van der Waals surface area contributed by atoms with E-state index in [2.05, 4.69) is 72.5 Å². The highest BCUT2D eigenvalue weighted by molar-refractivity contribution is 5.20. The van der Waals surface area contributed by atoms with E-state index in [4.69, 9.17) is 0 Å². The van der Waals surface area contributed by atoms with E-state index in [1.165, 1.54) is 37.1 Å². The Kier molecular flexibility index (Phi) is 4.72.